The zero-order valence-corrected chi connectivity index (χ0v) is 18.4. The van der Waals surface area contributed by atoms with Crippen LogP contribution in [0.15, 0.2) is 64.7 Å². The van der Waals surface area contributed by atoms with Crippen LogP contribution in [0.1, 0.15) is 5.56 Å². The summed E-state index contributed by atoms with van der Waals surface area (Å²) in [5.74, 6) is -1.52. The highest BCUT2D eigenvalue weighted by Gasteiger charge is 2.19. The summed E-state index contributed by atoms with van der Waals surface area (Å²) in [7, 11) is 1.55. The summed E-state index contributed by atoms with van der Waals surface area (Å²) in [6.45, 7) is 0. The molecular formula is C22H18F2N4OS2. The summed E-state index contributed by atoms with van der Waals surface area (Å²) in [5, 5.41) is 1.09. The molecule has 5 nitrogen and oxygen atoms in total. The van der Waals surface area contributed by atoms with Gasteiger partial charge in [0, 0.05) is 29.9 Å². The molecule has 1 N–H and O–H groups in total. The Kier molecular flexibility index (Phi) is 6.24. The van der Waals surface area contributed by atoms with E-state index in [1.54, 1.807) is 13.2 Å². The third-order valence-electron chi connectivity index (χ3n) is 4.75. The lowest BCUT2D eigenvalue weighted by molar-refractivity contribution is 0.514. The SMILES string of the molecule is CSc1ncc2cc(-c3ccc(NSCc4ccccc4)c(F)c3F)c(=O)n(C)c2n1. The highest BCUT2D eigenvalue weighted by Crippen LogP contribution is 2.30. The maximum absolute atomic E-state index is 14.9. The van der Waals surface area contributed by atoms with E-state index in [9.17, 15) is 13.6 Å². The minimum Gasteiger partial charge on any atom is -0.327 e. The van der Waals surface area contributed by atoms with Crippen LogP contribution in [0.3, 0.4) is 0 Å². The van der Waals surface area contributed by atoms with Gasteiger partial charge in [-0.2, -0.15) is 0 Å². The van der Waals surface area contributed by atoms with Crippen molar-refractivity contribution in [3.63, 3.8) is 0 Å². The minimum atomic E-state index is -1.08. The quantitative estimate of drug-likeness (QED) is 0.243. The van der Waals surface area contributed by atoms with Crippen LogP contribution >= 0.6 is 23.7 Å². The van der Waals surface area contributed by atoms with Gasteiger partial charge in [0.05, 0.1) is 11.3 Å². The maximum atomic E-state index is 14.9. The van der Waals surface area contributed by atoms with Gasteiger partial charge >= 0.3 is 0 Å². The summed E-state index contributed by atoms with van der Waals surface area (Å²) in [5.41, 5.74) is 1.000. The Balaban J connectivity index is 1.66. The van der Waals surface area contributed by atoms with Crippen LogP contribution in [0.5, 0.6) is 0 Å². The number of thioether (sulfide) groups is 1. The summed E-state index contributed by atoms with van der Waals surface area (Å²) < 4.78 is 33.8. The first-order chi connectivity index (χ1) is 15.0. The van der Waals surface area contributed by atoms with Crippen molar-refractivity contribution in [2.45, 2.75) is 10.9 Å². The predicted molar refractivity (Wildman–Crippen MR) is 123 cm³/mol. The second-order valence-corrected chi connectivity index (χ2v) is 8.28. The topological polar surface area (TPSA) is 59.8 Å². The normalized spacial score (nSPS) is 11.1. The van der Waals surface area contributed by atoms with E-state index in [1.807, 2.05) is 36.6 Å². The number of nitrogens with zero attached hydrogens (tertiary/aromatic N) is 3. The van der Waals surface area contributed by atoms with Crippen molar-refractivity contribution in [3.05, 3.63) is 82.3 Å². The summed E-state index contributed by atoms with van der Waals surface area (Å²) >= 11 is 2.61. The van der Waals surface area contributed by atoms with E-state index in [4.69, 9.17) is 0 Å². The van der Waals surface area contributed by atoms with Crippen LogP contribution in [-0.4, -0.2) is 20.8 Å². The number of benzene rings is 2. The van der Waals surface area contributed by atoms with Crippen molar-refractivity contribution in [2.75, 3.05) is 11.0 Å². The number of hydrogen-bond acceptors (Lipinski definition) is 6. The van der Waals surface area contributed by atoms with E-state index in [2.05, 4.69) is 14.7 Å². The summed E-state index contributed by atoms with van der Waals surface area (Å²) in [6.07, 6.45) is 3.40. The van der Waals surface area contributed by atoms with Crippen LogP contribution < -0.4 is 10.3 Å². The third-order valence-corrected chi connectivity index (χ3v) is 6.15. The Morgan fingerprint density at radius 2 is 1.84 bits per heavy atom. The molecule has 4 aromatic rings. The molecule has 0 spiro atoms. The largest absolute Gasteiger partial charge is 0.327 e. The molecule has 0 saturated carbocycles. The standard InChI is InChI=1S/C22H18F2N4OS2/c1-28-20-14(11-25-22(26-20)30-2)10-16(21(28)29)15-8-9-17(19(24)18(15)23)27-31-12-13-6-4-3-5-7-13/h3-11,27H,12H2,1-2H3. The molecule has 31 heavy (non-hydrogen) atoms. The van der Waals surface area contributed by atoms with E-state index >= 15 is 0 Å². The van der Waals surface area contributed by atoms with Crippen LogP contribution in [-0.2, 0) is 12.8 Å². The van der Waals surface area contributed by atoms with Gasteiger partial charge in [-0.15, -0.1) is 0 Å². The highest BCUT2D eigenvalue weighted by molar-refractivity contribution is 7.99. The molecule has 0 saturated heterocycles. The molecule has 0 aliphatic heterocycles. The Bertz CT molecular complexity index is 1310. The van der Waals surface area contributed by atoms with Crippen molar-refractivity contribution >= 4 is 40.4 Å². The van der Waals surface area contributed by atoms with Crippen molar-refractivity contribution in [1.29, 1.82) is 0 Å². The van der Waals surface area contributed by atoms with Crippen molar-refractivity contribution in [3.8, 4) is 11.1 Å². The first-order valence-electron chi connectivity index (χ1n) is 9.30. The monoisotopic (exact) mass is 456 g/mol. The Labute approximate surface area is 186 Å². The van der Waals surface area contributed by atoms with E-state index in [0.717, 1.165) is 5.56 Å². The molecule has 0 amide bonds. The number of hydrogen-bond donors (Lipinski definition) is 1. The number of nitrogens with one attached hydrogen (secondary N) is 1. The Morgan fingerprint density at radius 1 is 1.06 bits per heavy atom. The Morgan fingerprint density at radius 3 is 2.58 bits per heavy atom. The van der Waals surface area contributed by atoms with Crippen molar-refractivity contribution < 1.29 is 8.78 Å². The fourth-order valence-electron chi connectivity index (χ4n) is 3.13. The van der Waals surface area contributed by atoms with Gasteiger partial charge in [-0.1, -0.05) is 42.1 Å². The van der Waals surface area contributed by atoms with Gasteiger partial charge in [0.2, 0.25) is 0 Å². The second kappa shape index (κ2) is 9.07. The zero-order chi connectivity index (χ0) is 22.0. The van der Waals surface area contributed by atoms with Gasteiger partial charge in [0.25, 0.3) is 5.56 Å². The fraction of sp³-hybridized carbons (Fsp3) is 0.136. The van der Waals surface area contributed by atoms with Crippen LogP contribution in [0.2, 0.25) is 0 Å². The molecule has 0 fully saturated rings. The Hall–Kier alpha value is -2.91. The average Bonchev–Trinajstić information content (AvgIpc) is 2.80. The molecule has 0 unspecified atom stereocenters. The molecule has 158 valence electrons. The number of pyridine rings is 1. The van der Waals surface area contributed by atoms with Crippen LogP contribution in [0.25, 0.3) is 22.2 Å². The molecule has 0 bridgehead atoms. The number of fused-ring (bicyclic) bond motifs is 1. The van der Waals surface area contributed by atoms with E-state index in [1.165, 1.54) is 46.5 Å². The van der Waals surface area contributed by atoms with E-state index < -0.39 is 17.2 Å². The molecular weight excluding hydrogens is 438 g/mol. The first kappa shape index (κ1) is 21.3. The molecule has 4 rings (SSSR count). The average molecular weight is 457 g/mol. The molecule has 9 heteroatoms. The molecule has 2 aromatic heterocycles. The van der Waals surface area contributed by atoms with Crippen molar-refractivity contribution in [1.82, 2.24) is 14.5 Å². The fourth-order valence-corrected chi connectivity index (χ4v) is 4.21. The lowest BCUT2D eigenvalue weighted by atomic mass is 10.0. The lowest BCUT2D eigenvalue weighted by Gasteiger charge is -2.12. The van der Waals surface area contributed by atoms with E-state index in [0.29, 0.717) is 21.9 Å². The summed E-state index contributed by atoms with van der Waals surface area (Å²) in [6, 6.07) is 14.0. The van der Waals surface area contributed by atoms with Gasteiger partial charge in [-0.05, 0) is 42.0 Å². The van der Waals surface area contributed by atoms with Gasteiger partial charge in [-0.25, -0.2) is 18.7 Å². The molecule has 0 aliphatic carbocycles. The van der Waals surface area contributed by atoms with Gasteiger partial charge in [-0.3, -0.25) is 9.36 Å². The summed E-state index contributed by atoms with van der Waals surface area (Å²) in [4.78, 5) is 21.4. The number of rotatable bonds is 6. The number of aromatic nitrogens is 3. The van der Waals surface area contributed by atoms with Gasteiger partial charge < -0.3 is 4.72 Å². The number of halogens is 2. The maximum Gasteiger partial charge on any atom is 0.259 e. The van der Waals surface area contributed by atoms with Crippen LogP contribution in [0, 0.1) is 11.6 Å². The molecule has 0 aliphatic rings. The molecule has 0 atom stereocenters. The first-order valence-corrected chi connectivity index (χ1v) is 11.5. The molecule has 2 aromatic carbocycles. The van der Waals surface area contributed by atoms with Gasteiger partial charge in [0.1, 0.15) is 5.65 Å². The van der Waals surface area contributed by atoms with Crippen LogP contribution in [0.4, 0.5) is 14.5 Å². The smallest absolute Gasteiger partial charge is 0.259 e. The minimum absolute atomic E-state index is 0.0211. The second-order valence-electron chi connectivity index (χ2n) is 6.72. The molecule has 0 radical (unpaired) electrons. The van der Waals surface area contributed by atoms with Gasteiger partial charge in [0.15, 0.2) is 16.8 Å². The van der Waals surface area contributed by atoms with E-state index in [-0.39, 0.29) is 16.8 Å². The number of anilines is 1. The zero-order valence-electron chi connectivity index (χ0n) is 16.7. The molecule has 2 heterocycles. The predicted octanol–water partition coefficient (Wildman–Crippen LogP) is 5.26. The number of aryl methyl sites for hydroxylation is 1. The third kappa shape index (κ3) is 4.28. The lowest BCUT2D eigenvalue weighted by Crippen LogP contribution is -2.20. The highest BCUT2D eigenvalue weighted by atomic mass is 32.2. The van der Waals surface area contributed by atoms with Crippen molar-refractivity contribution in [2.24, 2.45) is 7.05 Å².